The summed E-state index contributed by atoms with van der Waals surface area (Å²) < 4.78 is 11.0. The number of nitriles is 1. The molecule has 0 fully saturated rings. The summed E-state index contributed by atoms with van der Waals surface area (Å²) in [4.78, 5) is 23.8. The molecule has 1 heterocycles. The summed E-state index contributed by atoms with van der Waals surface area (Å²) in [5.41, 5.74) is 3.19. The Balaban J connectivity index is 2.15. The van der Waals surface area contributed by atoms with E-state index in [4.69, 9.17) is 9.15 Å². The molecule has 1 N–H and O–H groups in total. The first-order valence-electron chi connectivity index (χ1n) is 7.80. The van der Waals surface area contributed by atoms with Gasteiger partial charge in [-0.3, -0.25) is 14.9 Å². The van der Waals surface area contributed by atoms with E-state index in [0.717, 1.165) is 16.7 Å². The van der Waals surface area contributed by atoms with Crippen LogP contribution in [-0.2, 0) is 4.79 Å². The van der Waals surface area contributed by atoms with Gasteiger partial charge in [0.2, 0.25) is 5.88 Å². The van der Waals surface area contributed by atoms with Crippen LogP contribution >= 0.6 is 0 Å². The van der Waals surface area contributed by atoms with Crippen LogP contribution in [-0.4, -0.2) is 18.3 Å². The molecule has 1 aromatic carbocycles. The van der Waals surface area contributed by atoms with Crippen LogP contribution in [0.5, 0.6) is 5.75 Å². The number of hydrogen-bond donors (Lipinski definition) is 1. The van der Waals surface area contributed by atoms with Gasteiger partial charge >= 0.3 is 0 Å². The number of ether oxygens (including phenoxy) is 1. The third-order valence-electron chi connectivity index (χ3n) is 4.02. The van der Waals surface area contributed by atoms with E-state index < -0.39 is 5.91 Å². The maximum atomic E-state index is 12.2. The molecular weight excluding hydrogens is 320 g/mol. The van der Waals surface area contributed by atoms with Crippen LogP contribution in [0, 0.1) is 39.0 Å². The van der Waals surface area contributed by atoms with Gasteiger partial charge in [0.25, 0.3) is 5.91 Å². The highest BCUT2D eigenvalue weighted by atomic mass is 16.5. The Labute approximate surface area is 146 Å². The largest absolute Gasteiger partial charge is 0.483 e. The molecule has 6 heteroatoms. The van der Waals surface area contributed by atoms with Crippen LogP contribution in [0.25, 0.3) is 0 Å². The average molecular weight is 340 g/mol. The minimum Gasteiger partial charge on any atom is -0.483 e. The average Bonchev–Trinajstić information content (AvgIpc) is 2.86. The Morgan fingerprint density at radius 3 is 2.44 bits per heavy atom. The molecule has 2 rings (SSSR count). The monoisotopic (exact) mass is 340 g/mol. The van der Waals surface area contributed by atoms with Crippen molar-refractivity contribution in [3.05, 3.63) is 45.7 Å². The number of furan rings is 1. The summed E-state index contributed by atoms with van der Waals surface area (Å²) in [5, 5.41) is 11.7. The molecule has 130 valence electrons. The molecule has 1 aromatic heterocycles. The van der Waals surface area contributed by atoms with Gasteiger partial charge in [0.1, 0.15) is 23.1 Å². The first-order chi connectivity index (χ1) is 11.8. The number of nitrogens with one attached hydrogen (secondary N) is 1. The van der Waals surface area contributed by atoms with Crippen molar-refractivity contribution in [1.29, 1.82) is 5.26 Å². The first-order valence-corrected chi connectivity index (χ1v) is 7.80. The summed E-state index contributed by atoms with van der Waals surface area (Å²) in [5.74, 6) is 0.166. The second-order valence-corrected chi connectivity index (χ2v) is 5.90. The number of hydrogen-bond acceptors (Lipinski definition) is 5. The highest BCUT2D eigenvalue weighted by Gasteiger charge is 2.22. The number of ketones is 1. The summed E-state index contributed by atoms with van der Waals surface area (Å²) in [6, 6.07) is 5.82. The molecule has 0 aliphatic heterocycles. The number of nitrogens with zero attached hydrogens (tertiary/aromatic N) is 1. The third kappa shape index (κ3) is 3.72. The van der Waals surface area contributed by atoms with E-state index in [1.165, 1.54) is 6.92 Å². The lowest BCUT2D eigenvalue weighted by molar-refractivity contribution is -0.118. The standard InChI is InChI=1S/C19H20N2O4/c1-10-6-7-11(2)18(12(10)3)24-9-16(23)21-19-15(8-20)17(13(4)22)14(5)25-19/h6-7H,9H2,1-5H3,(H,21,23). The summed E-state index contributed by atoms with van der Waals surface area (Å²) >= 11 is 0. The van der Waals surface area contributed by atoms with Gasteiger partial charge in [0, 0.05) is 0 Å². The summed E-state index contributed by atoms with van der Waals surface area (Å²) in [6.45, 7) is 8.49. The van der Waals surface area contributed by atoms with E-state index in [-0.39, 0.29) is 29.4 Å². The Bertz CT molecular complexity index is 888. The zero-order chi connectivity index (χ0) is 18.7. The summed E-state index contributed by atoms with van der Waals surface area (Å²) in [7, 11) is 0. The quantitative estimate of drug-likeness (QED) is 0.839. The third-order valence-corrected chi connectivity index (χ3v) is 4.02. The van der Waals surface area contributed by atoms with E-state index >= 15 is 0 Å². The van der Waals surface area contributed by atoms with Crippen LogP contribution in [0.4, 0.5) is 5.88 Å². The minimum absolute atomic E-state index is 0.0290. The van der Waals surface area contributed by atoms with Crippen molar-refractivity contribution in [2.45, 2.75) is 34.6 Å². The lowest BCUT2D eigenvalue weighted by Crippen LogP contribution is -2.21. The Morgan fingerprint density at radius 2 is 1.84 bits per heavy atom. The van der Waals surface area contributed by atoms with Crippen LogP contribution in [0.3, 0.4) is 0 Å². The number of Topliss-reactive ketones (excluding diaryl/α,β-unsaturated/α-hetero) is 1. The highest BCUT2D eigenvalue weighted by molar-refractivity contribution is 6.01. The van der Waals surface area contributed by atoms with Gasteiger partial charge in [-0.15, -0.1) is 0 Å². The predicted molar refractivity (Wildman–Crippen MR) is 92.9 cm³/mol. The zero-order valence-electron chi connectivity index (χ0n) is 14.9. The fourth-order valence-corrected chi connectivity index (χ4v) is 2.61. The molecule has 0 aliphatic rings. The smallest absolute Gasteiger partial charge is 0.264 e. The van der Waals surface area contributed by atoms with Gasteiger partial charge in [-0.05, 0) is 51.3 Å². The second kappa shape index (κ2) is 7.22. The van der Waals surface area contributed by atoms with Crippen LogP contribution in [0.2, 0.25) is 0 Å². The van der Waals surface area contributed by atoms with Crippen LogP contribution < -0.4 is 10.1 Å². The molecular formula is C19H20N2O4. The number of rotatable bonds is 5. The molecule has 1 amide bonds. The van der Waals surface area contributed by atoms with Crippen molar-refractivity contribution in [1.82, 2.24) is 0 Å². The van der Waals surface area contributed by atoms with Crippen molar-refractivity contribution in [3.63, 3.8) is 0 Å². The van der Waals surface area contributed by atoms with Crippen LogP contribution in [0.15, 0.2) is 16.5 Å². The number of aryl methyl sites for hydroxylation is 3. The maximum Gasteiger partial charge on any atom is 0.264 e. The van der Waals surface area contributed by atoms with E-state index in [0.29, 0.717) is 11.5 Å². The number of carbonyl (C=O) groups excluding carboxylic acids is 2. The first kappa shape index (κ1) is 18.3. The summed E-state index contributed by atoms with van der Waals surface area (Å²) in [6.07, 6.45) is 0. The Hall–Kier alpha value is -3.07. The normalized spacial score (nSPS) is 10.2. The van der Waals surface area contributed by atoms with Crippen molar-refractivity contribution in [2.75, 3.05) is 11.9 Å². The van der Waals surface area contributed by atoms with Gasteiger partial charge in [0.05, 0.1) is 5.56 Å². The fourth-order valence-electron chi connectivity index (χ4n) is 2.61. The lowest BCUT2D eigenvalue weighted by Gasteiger charge is -2.13. The lowest BCUT2D eigenvalue weighted by atomic mass is 10.1. The molecule has 0 aliphatic carbocycles. The molecule has 6 nitrogen and oxygen atoms in total. The SMILES string of the molecule is CC(=O)c1c(C)oc(NC(=O)COc2c(C)ccc(C)c2C)c1C#N. The highest BCUT2D eigenvalue weighted by Crippen LogP contribution is 2.28. The van der Waals surface area contributed by atoms with Gasteiger partial charge in [-0.1, -0.05) is 12.1 Å². The van der Waals surface area contributed by atoms with Crippen molar-refractivity contribution in [3.8, 4) is 11.8 Å². The molecule has 0 unspecified atom stereocenters. The van der Waals surface area contributed by atoms with Crippen molar-refractivity contribution >= 4 is 17.6 Å². The number of anilines is 1. The van der Waals surface area contributed by atoms with Crippen LogP contribution in [0.1, 0.15) is 45.3 Å². The molecule has 0 spiro atoms. The fraction of sp³-hybridized carbons (Fsp3) is 0.316. The molecule has 0 radical (unpaired) electrons. The van der Waals surface area contributed by atoms with Gasteiger partial charge in [0.15, 0.2) is 12.4 Å². The molecule has 0 saturated carbocycles. The topological polar surface area (TPSA) is 92.3 Å². The van der Waals surface area contributed by atoms with Gasteiger partial charge in [-0.25, -0.2) is 0 Å². The number of carbonyl (C=O) groups is 2. The second-order valence-electron chi connectivity index (χ2n) is 5.90. The van der Waals surface area contributed by atoms with Crippen molar-refractivity contribution in [2.24, 2.45) is 0 Å². The van der Waals surface area contributed by atoms with Gasteiger partial charge in [-0.2, -0.15) is 5.26 Å². The van der Waals surface area contributed by atoms with Gasteiger partial charge < -0.3 is 9.15 Å². The molecule has 0 saturated heterocycles. The zero-order valence-corrected chi connectivity index (χ0v) is 14.9. The molecule has 0 atom stereocenters. The number of amides is 1. The minimum atomic E-state index is -0.472. The van der Waals surface area contributed by atoms with E-state index in [2.05, 4.69) is 5.32 Å². The van der Waals surface area contributed by atoms with Crippen molar-refractivity contribution < 1.29 is 18.7 Å². The van der Waals surface area contributed by atoms with E-state index in [1.54, 1.807) is 6.92 Å². The molecule has 0 bridgehead atoms. The predicted octanol–water partition coefficient (Wildman–Crippen LogP) is 3.61. The van der Waals surface area contributed by atoms with E-state index in [9.17, 15) is 14.9 Å². The Kier molecular flexibility index (Phi) is 5.28. The molecule has 2 aromatic rings. The molecule has 25 heavy (non-hydrogen) atoms. The number of benzene rings is 1. The van der Waals surface area contributed by atoms with E-state index in [1.807, 2.05) is 39.0 Å². The Morgan fingerprint density at radius 1 is 1.20 bits per heavy atom. The maximum absolute atomic E-state index is 12.2.